The van der Waals surface area contributed by atoms with Crippen molar-refractivity contribution in [3.63, 3.8) is 0 Å². The van der Waals surface area contributed by atoms with Gasteiger partial charge in [0.05, 0.1) is 11.2 Å². The summed E-state index contributed by atoms with van der Waals surface area (Å²) in [7, 11) is 0. The number of benzene rings is 1. The SMILES string of the molecule is Cc1noc(C)c1CCC(=O)Nc1ccc2c(C)c(C)c(=O)[nH]c2c1. The maximum absolute atomic E-state index is 12.2. The van der Waals surface area contributed by atoms with Gasteiger partial charge < -0.3 is 14.8 Å². The van der Waals surface area contributed by atoms with Gasteiger partial charge in [0.25, 0.3) is 5.56 Å². The van der Waals surface area contributed by atoms with Gasteiger partial charge in [0.15, 0.2) is 0 Å². The quantitative estimate of drug-likeness (QED) is 0.763. The van der Waals surface area contributed by atoms with Gasteiger partial charge in [-0.05, 0) is 51.8 Å². The molecule has 0 fully saturated rings. The second kappa shape index (κ2) is 6.55. The van der Waals surface area contributed by atoms with Gasteiger partial charge in [-0.2, -0.15) is 0 Å². The van der Waals surface area contributed by atoms with Gasteiger partial charge >= 0.3 is 0 Å². The summed E-state index contributed by atoms with van der Waals surface area (Å²) in [6.45, 7) is 7.44. The van der Waals surface area contributed by atoms with Crippen LogP contribution in [0.1, 0.15) is 34.6 Å². The largest absolute Gasteiger partial charge is 0.361 e. The van der Waals surface area contributed by atoms with Crippen molar-refractivity contribution in [1.82, 2.24) is 10.1 Å². The maximum atomic E-state index is 12.2. The van der Waals surface area contributed by atoms with E-state index in [9.17, 15) is 9.59 Å². The summed E-state index contributed by atoms with van der Waals surface area (Å²) < 4.78 is 5.11. The van der Waals surface area contributed by atoms with Crippen LogP contribution in [-0.2, 0) is 11.2 Å². The second-order valence-electron chi connectivity index (χ2n) is 6.32. The molecule has 0 unspecified atom stereocenters. The van der Waals surface area contributed by atoms with E-state index in [1.165, 1.54) is 0 Å². The van der Waals surface area contributed by atoms with Crippen LogP contribution in [0.5, 0.6) is 0 Å². The fourth-order valence-corrected chi connectivity index (χ4v) is 2.96. The molecule has 2 heterocycles. The summed E-state index contributed by atoms with van der Waals surface area (Å²) >= 11 is 0. The summed E-state index contributed by atoms with van der Waals surface area (Å²) in [6, 6.07) is 5.55. The van der Waals surface area contributed by atoms with E-state index in [0.29, 0.717) is 24.1 Å². The summed E-state index contributed by atoms with van der Waals surface area (Å²) in [5.74, 6) is 0.657. The van der Waals surface area contributed by atoms with Gasteiger partial charge in [0, 0.05) is 28.6 Å². The molecule has 1 aromatic carbocycles. The Kier molecular flexibility index (Phi) is 4.44. The molecule has 3 rings (SSSR count). The lowest BCUT2D eigenvalue weighted by Crippen LogP contribution is -2.14. The van der Waals surface area contributed by atoms with E-state index in [2.05, 4.69) is 15.5 Å². The van der Waals surface area contributed by atoms with Crippen LogP contribution in [0.25, 0.3) is 10.9 Å². The Morgan fingerprint density at radius 3 is 2.64 bits per heavy atom. The Bertz CT molecular complexity index is 995. The predicted molar refractivity (Wildman–Crippen MR) is 97.0 cm³/mol. The van der Waals surface area contributed by atoms with Crippen LogP contribution in [0.15, 0.2) is 27.5 Å². The number of aryl methyl sites for hydroxylation is 3. The van der Waals surface area contributed by atoms with Gasteiger partial charge in [-0.15, -0.1) is 0 Å². The van der Waals surface area contributed by atoms with Crippen LogP contribution in [0, 0.1) is 27.7 Å². The highest BCUT2D eigenvalue weighted by atomic mass is 16.5. The molecule has 0 radical (unpaired) electrons. The lowest BCUT2D eigenvalue weighted by Gasteiger charge is -2.09. The highest BCUT2D eigenvalue weighted by Crippen LogP contribution is 2.21. The zero-order chi connectivity index (χ0) is 18.1. The van der Waals surface area contributed by atoms with E-state index in [1.807, 2.05) is 32.9 Å². The second-order valence-corrected chi connectivity index (χ2v) is 6.32. The van der Waals surface area contributed by atoms with Crippen molar-refractivity contribution in [3.05, 3.63) is 56.7 Å². The minimum absolute atomic E-state index is 0.0921. The van der Waals surface area contributed by atoms with E-state index in [4.69, 9.17) is 4.52 Å². The molecular weight excluding hydrogens is 318 g/mol. The molecule has 2 N–H and O–H groups in total. The monoisotopic (exact) mass is 339 g/mol. The molecule has 0 aliphatic rings. The Balaban J connectivity index is 1.75. The molecule has 3 aromatic rings. The third kappa shape index (κ3) is 3.33. The van der Waals surface area contributed by atoms with Crippen LogP contribution in [0.3, 0.4) is 0 Å². The number of aromatic nitrogens is 2. The first-order chi connectivity index (χ1) is 11.9. The summed E-state index contributed by atoms with van der Waals surface area (Å²) in [4.78, 5) is 27.0. The average molecular weight is 339 g/mol. The number of anilines is 1. The van der Waals surface area contributed by atoms with Gasteiger partial charge in [-0.1, -0.05) is 11.2 Å². The Morgan fingerprint density at radius 1 is 1.20 bits per heavy atom. The minimum atomic E-state index is -0.105. The van der Waals surface area contributed by atoms with Crippen molar-refractivity contribution in [3.8, 4) is 0 Å². The number of rotatable bonds is 4. The van der Waals surface area contributed by atoms with Crippen LogP contribution < -0.4 is 10.9 Å². The van der Waals surface area contributed by atoms with Crippen molar-refractivity contribution in [2.24, 2.45) is 0 Å². The van der Waals surface area contributed by atoms with E-state index in [-0.39, 0.29) is 11.5 Å². The molecule has 0 saturated carbocycles. The lowest BCUT2D eigenvalue weighted by atomic mass is 10.1. The third-order valence-electron chi connectivity index (χ3n) is 4.64. The molecule has 0 aliphatic carbocycles. The Hall–Kier alpha value is -2.89. The number of carbonyl (C=O) groups is 1. The lowest BCUT2D eigenvalue weighted by molar-refractivity contribution is -0.116. The number of aromatic amines is 1. The van der Waals surface area contributed by atoms with Crippen LogP contribution in [-0.4, -0.2) is 16.0 Å². The number of fused-ring (bicyclic) bond motifs is 1. The highest BCUT2D eigenvalue weighted by molar-refractivity contribution is 5.94. The fourth-order valence-electron chi connectivity index (χ4n) is 2.96. The Morgan fingerprint density at radius 2 is 1.96 bits per heavy atom. The minimum Gasteiger partial charge on any atom is -0.361 e. The average Bonchev–Trinajstić information content (AvgIpc) is 2.89. The van der Waals surface area contributed by atoms with Crippen LogP contribution in [0.2, 0.25) is 0 Å². The van der Waals surface area contributed by atoms with E-state index >= 15 is 0 Å². The molecule has 6 nitrogen and oxygen atoms in total. The number of nitrogens with zero attached hydrogens (tertiary/aromatic N) is 1. The van der Waals surface area contributed by atoms with Crippen molar-refractivity contribution < 1.29 is 9.32 Å². The first-order valence-corrected chi connectivity index (χ1v) is 8.21. The fraction of sp³-hybridized carbons (Fsp3) is 0.316. The van der Waals surface area contributed by atoms with Crippen LogP contribution >= 0.6 is 0 Å². The standard InChI is InChI=1S/C19H21N3O3/c1-10-11(2)19(24)21-17-9-14(5-6-15(10)17)20-18(23)8-7-16-12(3)22-25-13(16)4/h5-6,9H,7-8H2,1-4H3,(H,20,23)(H,21,24). The van der Waals surface area contributed by atoms with E-state index in [0.717, 1.165) is 33.5 Å². The smallest absolute Gasteiger partial charge is 0.251 e. The molecule has 1 amide bonds. The highest BCUT2D eigenvalue weighted by Gasteiger charge is 2.12. The molecule has 6 heteroatoms. The third-order valence-corrected chi connectivity index (χ3v) is 4.64. The summed E-state index contributed by atoms with van der Waals surface area (Å²) in [5, 5.41) is 7.75. The maximum Gasteiger partial charge on any atom is 0.251 e. The molecule has 0 saturated heterocycles. The van der Waals surface area contributed by atoms with Crippen molar-refractivity contribution in [2.75, 3.05) is 5.32 Å². The van der Waals surface area contributed by atoms with Crippen molar-refractivity contribution in [2.45, 2.75) is 40.5 Å². The summed E-state index contributed by atoms with van der Waals surface area (Å²) in [5.41, 5.74) is 4.74. The zero-order valence-corrected chi connectivity index (χ0v) is 14.8. The molecule has 2 aromatic heterocycles. The van der Waals surface area contributed by atoms with Gasteiger partial charge in [-0.25, -0.2) is 0 Å². The number of nitrogens with one attached hydrogen (secondary N) is 2. The number of hydrogen-bond donors (Lipinski definition) is 2. The topological polar surface area (TPSA) is 88.0 Å². The number of carbonyl (C=O) groups excluding carboxylic acids is 1. The first-order valence-electron chi connectivity index (χ1n) is 8.21. The predicted octanol–water partition coefficient (Wildman–Crippen LogP) is 3.32. The van der Waals surface area contributed by atoms with E-state index < -0.39 is 0 Å². The van der Waals surface area contributed by atoms with Crippen molar-refractivity contribution >= 4 is 22.5 Å². The number of hydrogen-bond acceptors (Lipinski definition) is 4. The van der Waals surface area contributed by atoms with Gasteiger partial charge in [0.1, 0.15) is 5.76 Å². The first kappa shape index (κ1) is 17.0. The number of amides is 1. The molecule has 0 spiro atoms. The molecule has 0 atom stereocenters. The Labute approximate surface area is 145 Å². The number of H-pyrrole nitrogens is 1. The number of pyridine rings is 1. The summed E-state index contributed by atoms with van der Waals surface area (Å²) in [6.07, 6.45) is 0.917. The molecule has 0 aliphatic heterocycles. The zero-order valence-electron chi connectivity index (χ0n) is 14.8. The normalized spacial score (nSPS) is 11.0. The van der Waals surface area contributed by atoms with Gasteiger partial charge in [0.2, 0.25) is 5.91 Å². The molecular formula is C19H21N3O3. The van der Waals surface area contributed by atoms with Gasteiger partial charge in [-0.3, -0.25) is 9.59 Å². The van der Waals surface area contributed by atoms with Crippen LogP contribution in [0.4, 0.5) is 5.69 Å². The van der Waals surface area contributed by atoms with Crippen molar-refractivity contribution in [1.29, 1.82) is 0 Å². The van der Waals surface area contributed by atoms with E-state index in [1.54, 1.807) is 13.0 Å². The molecule has 130 valence electrons. The molecule has 25 heavy (non-hydrogen) atoms. The molecule has 0 bridgehead atoms.